The Morgan fingerprint density at radius 2 is 1.83 bits per heavy atom. The number of nitrogens with zero attached hydrogens (tertiary/aromatic N) is 1. The highest BCUT2D eigenvalue weighted by Crippen LogP contribution is 2.23. The second kappa shape index (κ2) is 7.65. The highest BCUT2D eigenvalue weighted by molar-refractivity contribution is 5.99. The van der Waals surface area contributed by atoms with Crippen LogP contribution in [0.1, 0.15) is 15.9 Å². The first kappa shape index (κ1) is 16.8. The number of hydrogen-bond donors (Lipinski definition) is 4. The lowest BCUT2D eigenvalue weighted by Gasteiger charge is -2.12. The predicted molar refractivity (Wildman–Crippen MR) is 91.2 cm³/mol. The number of carbonyl (C=O) groups excluding carboxylic acids is 1. The molecule has 0 radical (unpaired) electrons. The average molecular weight is 324 g/mol. The van der Waals surface area contributed by atoms with Crippen LogP contribution in [-0.2, 0) is 4.79 Å². The minimum absolute atomic E-state index is 0.00630. The van der Waals surface area contributed by atoms with Gasteiger partial charge in [0.25, 0.3) is 0 Å². The maximum absolute atomic E-state index is 12.1. The van der Waals surface area contributed by atoms with Gasteiger partial charge in [0.1, 0.15) is 0 Å². The Morgan fingerprint density at radius 3 is 2.42 bits per heavy atom. The zero-order valence-corrected chi connectivity index (χ0v) is 13.0. The molecule has 7 heteroatoms. The maximum atomic E-state index is 12.1. The molecule has 1 amide bonds. The summed E-state index contributed by atoms with van der Waals surface area (Å²) in [5.74, 6) is -1.39. The lowest BCUT2D eigenvalue weighted by atomic mass is 10.1. The van der Waals surface area contributed by atoms with Crippen molar-refractivity contribution in [3.8, 4) is 6.07 Å². The molecule has 0 saturated carbocycles. The molecule has 0 aliphatic heterocycles. The van der Waals surface area contributed by atoms with Gasteiger partial charge in [-0.1, -0.05) is 0 Å². The third-order valence-electron chi connectivity index (χ3n) is 3.28. The van der Waals surface area contributed by atoms with E-state index in [0.717, 1.165) is 0 Å². The summed E-state index contributed by atoms with van der Waals surface area (Å²) < 4.78 is 0. The first-order valence-corrected chi connectivity index (χ1v) is 7.12. The van der Waals surface area contributed by atoms with E-state index in [1.165, 1.54) is 12.1 Å². The van der Waals surface area contributed by atoms with Crippen LogP contribution in [0.25, 0.3) is 0 Å². The largest absolute Gasteiger partial charge is 0.478 e. The zero-order valence-electron chi connectivity index (χ0n) is 13.0. The van der Waals surface area contributed by atoms with Crippen LogP contribution in [-0.4, -0.2) is 30.6 Å². The number of nitriles is 1. The number of hydrogen-bond acceptors (Lipinski definition) is 5. The second-order valence-corrected chi connectivity index (χ2v) is 4.91. The topological polar surface area (TPSA) is 114 Å². The third kappa shape index (κ3) is 4.24. The predicted octanol–water partition coefficient (Wildman–Crippen LogP) is 2.35. The molecule has 2 aromatic carbocycles. The van der Waals surface area contributed by atoms with E-state index < -0.39 is 5.97 Å². The monoisotopic (exact) mass is 324 g/mol. The first-order valence-electron chi connectivity index (χ1n) is 7.12. The molecule has 4 N–H and O–H groups in total. The summed E-state index contributed by atoms with van der Waals surface area (Å²) in [4.78, 5) is 23.1. The van der Waals surface area contributed by atoms with Crippen molar-refractivity contribution in [2.24, 2.45) is 0 Å². The minimum Gasteiger partial charge on any atom is -0.478 e. The molecule has 2 aromatic rings. The van der Waals surface area contributed by atoms with Crippen molar-refractivity contribution >= 4 is 28.9 Å². The zero-order chi connectivity index (χ0) is 17.5. The number of carbonyl (C=O) groups is 2. The van der Waals surface area contributed by atoms with E-state index in [0.29, 0.717) is 22.6 Å². The van der Waals surface area contributed by atoms with E-state index in [2.05, 4.69) is 16.0 Å². The summed E-state index contributed by atoms with van der Waals surface area (Å²) in [5.41, 5.74) is 2.34. The highest BCUT2D eigenvalue weighted by atomic mass is 16.4. The molecule has 0 unspecified atom stereocenters. The Kier molecular flexibility index (Phi) is 5.36. The van der Waals surface area contributed by atoms with Crippen LogP contribution in [0.5, 0.6) is 0 Å². The lowest BCUT2D eigenvalue weighted by Crippen LogP contribution is -2.22. The summed E-state index contributed by atoms with van der Waals surface area (Å²) in [5, 5.41) is 26.3. The van der Waals surface area contributed by atoms with Gasteiger partial charge < -0.3 is 21.1 Å². The van der Waals surface area contributed by atoms with Crippen LogP contribution in [0, 0.1) is 11.3 Å². The van der Waals surface area contributed by atoms with Crippen LogP contribution >= 0.6 is 0 Å². The van der Waals surface area contributed by atoms with E-state index in [1.807, 2.05) is 6.07 Å². The molecule has 0 atom stereocenters. The van der Waals surface area contributed by atoms with E-state index >= 15 is 0 Å². The fourth-order valence-electron chi connectivity index (χ4n) is 2.04. The van der Waals surface area contributed by atoms with Crippen LogP contribution in [0.4, 0.5) is 17.1 Å². The smallest absolute Gasteiger partial charge is 0.335 e. The molecular formula is C17H16N4O3. The maximum Gasteiger partial charge on any atom is 0.335 e. The molecule has 0 heterocycles. The molecule has 0 aromatic heterocycles. The SMILES string of the molecule is CNc1ccc(C(=O)O)cc1NC(=O)CNc1ccc(C#N)cc1. The fraction of sp³-hybridized carbons (Fsp3) is 0.118. The van der Waals surface area contributed by atoms with E-state index in [1.54, 1.807) is 37.4 Å². The molecule has 7 nitrogen and oxygen atoms in total. The molecule has 0 spiro atoms. The number of aromatic carboxylic acids is 1. The number of amides is 1. The summed E-state index contributed by atoms with van der Waals surface area (Å²) in [6.45, 7) is 0.00630. The van der Waals surface area contributed by atoms with Gasteiger partial charge in [-0.2, -0.15) is 5.26 Å². The molecule has 24 heavy (non-hydrogen) atoms. The van der Waals surface area contributed by atoms with Gasteiger partial charge in [0.15, 0.2) is 0 Å². The van der Waals surface area contributed by atoms with Gasteiger partial charge in [-0.15, -0.1) is 0 Å². The molecule has 122 valence electrons. The number of rotatable bonds is 6. The highest BCUT2D eigenvalue weighted by Gasteiger charge is 2.10. The van der Waals surface area contributed by atoms with E-state index in [4.69, 9.17) is 10.4 Å². The summed E-state index contributed by atoms with van der Waals surface area (Å²) in [6.07, 6.45) is 0. The van der Waals surface area contributed by atoms with Gasteiger partial charge in [0.05, 0.1) is 35.1 Å². The molecule has 0 saturated heterocycles. The number of anilines is 3. The van der Waals surface area contributed by atoms with Crippen molar-refractivity contribution < 1.29 is 14.7 Å². The molecule has 0 aliphatic carbocycles. The first-order chi connectivity index (χ1) is 11.5. The van der Waals surface area contributed by atoms with Gasteiger partial charge in [-0.3, -0.25) is 4.79 Å². The molecular weight excluding hydrogens is 308 g/mol. The van der Waals surface area contributed by atoms with Crippen molar-refractivity contribution in [3.63, 3.8) is 0 Å². The van der Waals surface area contributed by atoms with Gasteiger partial charge in [-0.25, -0.2) is 4.79 Å². The Morgan fingerprint density at radius 1 is 1.12 bits per heavy atom. The van der Waals surface area contributed by atoms with Gasteiger partial charge >= 0.3 is 5.97 Å². The Balaban J connectivity index is 2.02. The van der Waals surface area contributed by atoms with Gasteiger partial charge in [-0.05, 0) is 42.5 Å². The lowest BCUT2D eigenvalue weighted by molar-refractivity contribution is -0.114. The second-order valence-electron chi connectivity index (χ2n) is 4.91. The van der Waals surface area contributed by atoms with Crippen molar-refractivity contribution in [3.05, 3.63) is 53.6 Å². The summed E-state index contributed by atoms with van der Waals surface area (Å²) >= 11 is 0. The standard InChI is InChI=1S/C17H16N4O3/c1-19-14-7-4-12(17(23)24)8-15(14)21-16(22)10-20-13-5-2-11(9-18)3-6-13/h2-8,19-20H,10H2,1H3,(H,21,22)(H,23,24). The van der Waals surface area contributed by atoms with Gasteiger partial charge in [0, 0.05) is 12.7 Å². The molecule has 2 rings (SSSR count). The normalized spacial score (nSPS) is 9.67. The molecule has 0 fully saturated rings. The summed E-state index contributed by atoms with van der Waals surface area (Å²) in [7, 11) is 1.68. The van der Waals surface area contributed by atoms with Gasteiger partial charge in [0.2, 0.25) is 5.91 Å². The average Bonchev–Trinajstić information content (AvgIpc) is 2.60. The fourth-order valence-corrected chi connectivity index (χ4v) is 2.04. The van der Waals surface area contributed by atoms with Crippen LogP contribution in [0.15, 0.2) is 42.5 Å². The Labute approximate surface area is 138 Å². The minimum atomic E-state index is -1.07. The van der Waals surface area contributed by atoms with Crippen molar-refractivity contribution in [1.82, 2.24) is 0 Å². The van der Waals surface area contributed by atoms with Crippen LogP contribution < -0.4 is 16.0 Å². The van der Waals surface area contributed by atoms with Crippen molar-refractivity contribution in [2.75, 3.05) is 29.5 Å². The summed E-state index contributed by atoms with van der Waals surface area (Å²) in [6, 6.07) is 13.2. The number of carboxylic acids is 1. The van der Waals surface area contributed by atoms with Crippen LogP contribution in [0.2, 0.25) is 0 Å². The molecule has 0 bridgehead atoms. The third-order valence-corrected chi connectivity index (χ3v) is 3.28. The Bertz CT molecular complexity index is 794. The number of benzene rings is 2. The van der Waals surface area contributed by atoms with E-state index in [-0.39, 0.29) is 18.0 Å². The van der Waals surface area contributed by atoms with Crippen molar-refractivity contribution in [2.45, 2.75) is 0 Å². The Hall–Kier alpha value is -3.53. The number of nitrogens with one attached hydrogen (secondary N) is 3. The van der Waals surface area contributed by atoms with E-state index in [9.17, 15) is 9.59 Å². The quantitative estimate of drug-likeness (QED) is 0.648. The molecule has 0 aliphatic rings. The van der Waals surface area contributed by atoms with Crippen molar-refractivity contribution in [1.29, 1.82) is 5.26 Å². The van der Waals surface area contributed by atoms with Crippen LogP contribution in [0.3, 0.4) is 0 Å². The number of carboxylic acid groups (broad SMARTS) is 1.